The number of carbonyl (C=O) groups excluding carboxylic acids is 1. The number of nitrogens with zero attached hydrogens (tertiary/aromatic N) is 3. The predicted octanol–water partition coefficient (Wildman–Crippen LogP) is 3.91. The number of nitro benzene ring substituents is 1. The molecule has 0 bridgehead atoms. The highest BCUT2D eigenvalue weighted by molar-refractivity contribution is 6.31. The van der Waals surface area contributed by atoms with Gasteiger partial charge in [-0.1, -0.05) is 29.8 Å². The van der Waals surface area contributed by atoms with Crippen LogP contribution in [0.5, 0.6) is 0 Å². The van der Waals surface area contributed by atoms with Gasteiger partial charge in [-0.2, -0.15) is 0 Å². The molecule has 0 unspecified atom stereocenters. The van der Waals surface area contributed by atoms with Crippen LogP contribution in [-0.2, 0) is 0 Å². The third-order valence-corrected chi connectivity index (χ3v) is 4.66. The lowest BCUT2D eigenvalue weighted by Crippen LogP contribution is -2.50. The summed E-state index contributed by atoms with van der Waals surface area (Å²) in [5.74, 6) is 0. The maximum absolute atomic E-state index is 12.5. The van der Waals surface area contributed by atoms with E-state index in [4.69, 9.17) is 11.6 Å². The number of nitro groups is 1. The van der Waals surface area contributed by atoms with Crippen molar-refractivity contribution >= 4 is 34.7 Å². The number of nitrogens with one attached hydrogen (secondary N) is 1. The number of hydrogen-bond acceptors (Lipinski definition) is 4. The molecule has 2 aromatic carbocycles. The second kappa shape index (κ2) is 7.61. The second-order valence-corrected chi connectivity index (χ2v) is 6.55. The molecule has 1 saturated heterocycles. The molecule has 26 heavy (non-hydrogen) atoms. The fourth-order valence-corrected chi connectivity index (χ4v) is 3.13. The van der Waals surface area contributed by atoms with E-state index in [0.29, 0.717) is 42.6 Å². The molecule has 8 heteroatoms. The van der Waals surface area contributed by atoms with E-state index < -0.39 is 0 Å². The highest BCUT2D eigenvalue weighted by Crippen LogP contribution is 2.28. The van der Waals surface area contributed by atoms with Crippen molar-refractivity contribution in [3.8, 4) is 0 Å². The Bertz CT molecular complexity index is 835. The van der Waals surface area contributed by atoms with Crippen LogP contribution in [0.3, 0.4) is 0 Å². The Morgan fingerprint density at radius 3 is 2.54 bits per heavy atom. The molecule has 2 aromatic rings. The number of carbonyl (C=O) groups is 1. The average Bonchev–Trinajstić information content (AvgIpc) is 2.65. The van der Waals surface area contributed by atoms with Crippen molar-refractivity contribution in [3.05, 3.63) is 63.2 Å². The molecule has 2 amide bonds. The van der Waals surface area contributed by atoms with Crippen LogP contribution in [0, 0.1) is 17.0 Å². The summed E-state index contributed by atoms with van der Waals surface area (Å²) < 4.78 is 0. The number of rotatable bonds is 3. The molecule has 7 nitrogen and oxygen atoms in total. The first kappa shape index (κ1) is 18.0. The van der Waals surface area contributed by atoms with Gasteiger partial charge in [0, 0.05) is 43.0 Å². The van der Waals surface area contributed by atoms with E-state index in [-0.39, 0.29) is 16.6 Å². The number of anilines is 2. The number of aryl methyl sites for hydroxylation is 1. The van der Waals surface area contributed by atoms with Crippen LogP contribution in [0.4, 0.5) is 21.9 Å². The predicted molar refractivity (Wildman–Crippen MR) is 102 cm³/mol. The first-order chi connectivity index (χ1) is 12.5. The molecule has 0 radical (unpaired) electrons. The molecule has 1 fully saturated rings. The zero-order valence-corrected chi connectivity index (χ0v) is 15.1. The third kappa shape index (κ3) is 3.88. The quantitative estimate of drug-likeness (QED) is 0.652. The number of amides is 2. The van der Waals surface area contributed by atoms with Crippen molar-refractivity contribution in [3.63, 3.8) is 0 Å². The Balaban J connectivity index is 1.64. The van der Waals surface area contributed by atoms with E-state index in [0.717, 1.165) is 5.56 Å². The molecular weight excluding hydrogens is 356 g/mol. The van der Waals surface area contributed by atoms with E-state index >= 15 is 0 Å². The van der Waals surface area contributed by atoms with Gasteiger partial charge in [-0.25, -0.2) is 4.79 Å². The van der Waals surface area contributed by atoms with E-state index in [1.807, 2.05) is 17.9 Å². The summed E-state index contributed by atoms with van der Waals surface area (Å²) in [4.78, 5) is 26.9. The summed E-state index contributed by atoms with van der Waals surface area (Å²) in [6.07, 6.45) is 0. The van der Waals surface area contributed by atoms with Crippen LogP contribution in [0.15, 0.2) is 42.5 Å². The third-order valence-electron chi connectivity index (χ3n) is 4.43. The summed E-state index contributed by atoms with van der Waals surface area (Å²) >= 11 is 5.99. The molecule has 0 saturated carbocycles. The molecule has 0 spiro atoms. The summed E-state index contributed by atoms with van der Waals surface area (Å²) in [5.41, 5.74) is 2.29. The van der Waals surface area contributed by atoms with Gasteiger partial charge < -0.3 is 15.1 Å². The topological polar surface area (TPSA) is 78.7 Å². The van der Waals surface area contributed by atoms with Gasteiger partial charge in [0.25, 0.3) is 5.69 Å². The Morgan fingerprint density at radius 1 is 1.15 bits per heavy atom. The van der Waals surface area contributed by atoms with Crippen molar-refractivity contribution in [2.45, 2.75) is 6.92 Å². The zero-order chi connectivity index (χ0) is 18.7. The van der Waals surface area contributed by atoms with Crippen LogP contribution in [0.2, 0.25) is 5.02 Å². The van der Waals surface area contributed by atoms with Crippen LogP contribution in [-0.4, -0.2) is 42.0 Å². The Hall–Kier alpha value is -2.80. The van der Waals surface area contributed by atoms with Gasteiger partial charge in [0.15, 0.2) is 0 Å². The van der Waals surface area contributed by atoms with Gasteiger partial charge in [0.05, 0.1) is 4.92 Å². The highest BCUT2D eigenvalue weighted by atomic mass is 35.5. The van der Waals surface area contributed by atoms with Crippen LogP contribution in [0.1, 0.15) is 5.56 Å². The average molecular weight is 375 g/mol. The van der Waals surface area contributed by atoms with E-state index in [1.54, 1.807) is 35.2 Å². The summed E-state index contributed by atoms with van der Waals surface area (Å²) in [6.45, 7) is 3.94. The molecule has 1 aliphatic rings. The van der Waals surface area contributed by atoms with Crippen LogP contribution >= 0.6 is 11.6 Å². The van der Waals surface area contributed by atoms with E-state index in [9.17, 15) is 14.9 Å². The molecule has 136 valence electrons. The standard InChI is InChI=1S/C18H19ClN4O3/c1-13-6-7-14(19)12-15(13)20-18(24)22-10-8-21(9-11-22)16-4-2-3-5-17(16)23(25)26/h2-7,12H,8-11H2,1H3,(H,20,24). The molecule has 1 aliphatic heterocycles. The Kier molecular flexibility index (Phi) is 5.27. The number of benzene rings is 2. The Morgan fingerprint density at radius 2 is 1.85 bits per heavy atom. The van der Waals surface area contributed by atoms with E-state index in [1.165, 1.54) is 6.07 Å². The van der Waals surface area contributed by atoms with Crippen molar-refractivity contribution in [1.29, 1.82) is 0 Å². The minimum atomic E-state index is -0.379. The SMILES string of the molecule is Cc1ccc(Cl)cc1NC(=O)N1CCN(c2ccccc2[N+](=O)[O-])CC1. The van der Waals surface area contributed by atoms with Crippen molar-refractivity contribution in [2.24, 2.45) is 0 Å². The highest BCUT2D eigenvalue weighted by Gasteiger charge is 2.25. The molecular formula is C18H19ClN4O3. The minimum absolute atomic E-state index is 0.0833. The monoisotopic (exact) mass is 374 g/mol. The van der Waals surface area contributed by atoms with Crippen molar-refractivity contribution in [2.75, 3.05) is 36.4 Å². The molecule has 3 rings (SSSR count). The molecule has 1 N–H and O–H groups in total. The van der Waals surface area contributed by atoms with Gasteiger partial charge >= 0.3 is 6.03 Å². The largest absolute Gasteiger partial charge is 0.362 e. The molecule has 0 atom stereocenters. The fourth-order valence-electron chi connectivity index (χ4n) is 2.96. The van der Waals surface area contributed by atoms with Crippen LogP contribution in [0.25, 0.3) is 0 Å². The van der Waals surface area contributed by atoms with Crippen molar-refractivity contribution in [1.82, 2.24) is 4.90 Å². The number of hydrogen-bond donors (Lipinski definition) is 1. The minimum Gasteiger partial charge on any atom is -0.362 e. The van der Waals surface area contributed by atoms with Gasteiger partial charge in [-0.15, -0.1) is 0 Å². The smallest absolute Gasteiger partial charge is 0.321 e. The number of urea groups is 1. The Labute approximate surface area is 156 Å². The van der Waals surface area contributed by atoms with Gasteiger partial charge in [0.1, 0.15) is 5.69 Å². The maximum atomic E-state index is 12.5. The van der Waals surface area contributed by atoms with Gasteiger partial charge in [-0.3, -0.25) is 10.1 Å². The van der Waals surface area contributed by atoms with E-state index in [2.05, 4.69) is 5.32 Å². The lowest BCUT2D eigenvalue weighted by atomic mass is 10.2. The lowest BCUT2D eigenvalue weighted by molar-refractivity contribution is -0.384. The van der Waals surface area contributed by atoms with Crippen molar-refractivity contribution < 1.29 is 9.72 Å². The fraction of sp³-hybridized carbons (Fsp3) is 0.278. The number of halogens is 1. The molecule has 0 aliphatic carbocycles. The number of piperazine rings is 1. The summed E-state index contributed by atoms with van der Waals surface area (Å²) in [7, 11) is 0. The zero-order valence-electron chi connectivity index (χ0n) is 14.3. The maximum Gasteiger partial charge on any atom is 0.321 e. The second-order valence-electron chi connectivity index (χ2n) is 6.11. The molecule has 1 heterocycles. The number of para-hydroxylation sites is 2. The van der Waals surface area contributed by atoms with Gasteiger partial charge in [-0.05, 0) is 30.7 Å². The summed E-state index contributed by atoms with van der Waals surface area (Å²) in [6, 6.07) is 11.8. The van der Waals surface area contributed by atoms with Crippen LogP contribution < -0.4 is 10.2 Å². The van der Waals surface area contributed by atoms with Gasteiger partial charge in [0.2, 0.25) is 0 Å². The first-order valence-electron chi connectivity index (χ1n) is 8.26. The summed E-state index contributed by atoms with van der Waals surface area (Å²) in [5, 5.41) is 14.6. The normalized spacial score (nSPS) is 14.2. The lowest BCUT2D eigenvalue weighted by Gasteiger charge is -2.35. The molecule has 0 aromatic heterocycles. The first-order valence-corrected chi connectivity index (χ1v) is 8.64.